The van der Waals surface area contributed by atoms with Gasteiger partial charge in [0.15, 0.2) is 0 Å². The lowest BCUT2D eigenvalue weighted by Crippen LogP contribution is -1.99. The summed E-state index contributed by atoms with van der Waals surface area (Å²) in [6.45, 7) is 2.83. The van der Waals surface area contributed by atoms with Crippen LogP contribution in [0.4, 0.5) is 5.69 Å². The molecule has 0 atom stereocenters. The van der Waals surface area contributed by atoms with Crippen molar-refractivity contribution in [2.24, 2.45) is 7.05 Å². The SMILES string of the molecule is Cc1nn(C)cc1CNc1cccc(Br)c1. The summed E-state index contributed by atoms with van der Waals surface area (Å²) in [4.78, 5) is 0. The maximum absolute atomic E-state index is 4.31. The predicted octanol–water partition coefficient (Wildman–Crippen LogP) is 3.10. The van der Waals surface area contributed by atoms with Gasteiger partial charge in [0.2, 0.25) is 0 Å². The van der Waals surface area contributed by atoms with Crippen LogP contribution in [0.2, 0.25) is 0 Å². The van der Waals surface area contributed by atoms with Crippen molar-refractivity contribution >= 4 is 21.6 Å². The van der Waals surface area contributed by atoms with E-state index in [1.54, 1.807) is 0 Å². The number of aryl methyl sites for hydroxylation is 2. The smallest absolute Gasteiger partial charge is 0.0643 e. The van der Waals surface area contributed by atoms with Crippen molar-refractivity contribution in [3.05, 3.63) is 46.2 Å². The van der Waals surface area contributed by atoms with Gasteiger partial charge < -0.3 is 5.32 Å². The Balaban J connectivity index is 2.05. The first-order chi connectivity index (χ1) is 7.65. The number of nitrogens with one attached hydrogen (secondary N) is 1. The van der Waals surface area contributed by atoms with Gasteiger partial charge in [0.1, 0.15) is 0 Å². The number of anilines is 1. The van der Waals surface area contributed by atoms with Gasteiger partial charge >= 0.3 is 0 Å². The zero-order chi connectivity index (χ0) is 11.5. The van der Waals surface area contributed by atoms with Crippen molar-refractivity contribution in [1.29, 1.82) is 0 Å². The summed E-state index contributed by atoms with van der Waals surface area (Å²) >= 11 is 3.45. The normalized spacial score (nSPS) is 10.4. The second-order valence-electron chi connectivity index (χ2n) is 3.78. The van der Waals surface area contributed by atoms with Gasteiger partial charge in [-0.05, 0) is 25.1 Å². The highest BCUT2D eigenvalue weighted by molar-refractivity contribution is 9.10. The predicted molar refractivity (Wildman–Crippen MR) is 69.4 cm³/mol. The van der Waals surface area contributed by atoms with E-state index in [1.165, 1.54) is 5.56 Å². The Bertz CT molecular complexity index is 491. The first kappa shape index (κ1) is 11.2. The second kappa shape index (κ2) is 4.70. The highest BCUT2D eigenvalue weighted by atomic mass is 79.9. The number of benzene rings is 1. The minimum absolute atomic E-state index is 0.802. The Labute approximate surface area is 104 Å². The molecule has 84 valence electrons. The summed E-state index contributed by atoms with van der Waals surface area (Å²) in [6.07, 6.45) is 2.04. The minimum atomic E-state index is 0.802. The number of halogens is 1. The fraction of sp³-hybridized carbons (Fsp3) is 0.250. The van der Waals surface area contributed by atoms with Crippen LogP contribution in [-0.2, 0) is 13.6 Å². The highest BCUT2D eigenvalue weighted by Crippen LogP contribution is 2.16. The van der Waals surface area contributed by atoms with E-state index in [9.17, 15) is 0 Å². The van der Waals surface area contributed by atoms with Crippen LogP contribution in [0.25, 0.3) is 0 Å². The van der Waals surface area contributed by atoms with E-state index in [2.05, 4.69) is 38.5 Å². The molecule has 0 amide bonds. The van der Waals surface area contributed by atoms with Gasteiger partial charge in [-0.15, -0.1) is 0 Å². The lowest BCUT2D eigenvalue weighted by molar-refractivity contribution is 0.756. The number of hydrogen-bond donors (Lipinski definition) is 1. The molecule has 1 N–H and O–H groups in total. The van der Waals surface area contributed by atoms with Crippen molar-refractivity contribution in [2.45, 2.75) is 13.5 Å². The molecular weight excluding hydrogens is 266 g/mol. The van der Waals surface area contributed by atoms with E-state index in [1.807, 2.05) is 37.0 Å². The second-order valence-corrected chi connectivity index (χ2v) is 4.69. The summed E-state index contributed by atoms with van der Waals surface area (Å²) in [7, 11) is 1.94. The van der Waals surface area contributed by atoms with Crippen LogP contribution in [-0.4, -0.2) is 9.78 Å². The lowest BCUT2D eigenvalue weighted by Gasteiger charge is -2.05. The standard InChI is InChI=1S/C12H14BrN3/c1-9-10(8-16(2)15-9)7-14-12-5-3-4-11(13)6-12/h3-6,8,14H,7H2,1-2H3. The summed E-state index contributed by atoms with van der Waals surface area (Å²) in [5.74, 6) is 0. The van der Waals surface area contributed by atoms with Crippen LogP contribution in [0.5, 0.6) is 0 Å². The number of nitrogens with zero attached hydrogens (tertiary/aromatic N) is 2. The molecule has 3 nitrogen and oxygen atoms in total. The van der Waals surface area contributed by atoms with Gasteiger partial charge in [0, 0.05) is 35.5 Å². The Morgan fingerprint density at radius 3 is 2.88 bits per heavy atom. The lowest BCUT2D eigenvalue weighted by atomic mass is 10.2. The molecule has 2 aromatic rings. The molecule has 1 aromatic carbocycles. The molecule has 0 spiro atoms. The Morgan fingerprint density at radius 1 is 1.44 bits per heavy atom. The quantitative estimate of drug-likeness (QED) is 0.936. The van der Waals surface area contributed by atoms with Gasteiger partial charge in [0.25, 0.3) is 0 Å². The van der Waals surface area contributed by atoms with Crippen LogP contribution in [0.1, 0.15) is 11.3 Å². The highest BCUT2D eigenvalue weighted by Gasteiger charge is 2.02. The topological polar surface area (TPSA) is 29.9 Å². The molecular formula is C12H14BrN3. The van der Waals surface area contributed by atoms with Crippen molar-refractivity contribution in [2.75, 3.05) is 5.32 Å². The molecule has 0 radical (unpaired) electrons. The van der Waals surface area contributed by atoms with Gasteiger partial charge in [-0.2, -0.15) is 5.10 Å². The van der Waals surface area contributed by atoms with E-state index >= 15 is 0 Å². The zero-order valence-corrected chi connectivity index (χ0v) is 11.0. The Kier molecular flexibility index (Phi) is 3.29. The first-order valence-corrected chi connectivity index (χ1v) is 5.93. The van der Waals surface area contributed by atoms with E-state index in [0.29, 0.717) is 0 Å². The van der Waals surface area contributed by atoms with Crippen LogP contribution in [0.15, 0.2) is 34.9 Å². The summed E-state index contributed by atoms with van der Waals surface area (Å²) in [5.41, 5.74) is 3.41. The molecule has 0 saturated carbocycles. The molecule has 0 fully saturated rings. The third kappa shape index (κ3) is 2.64. The number of rotatable bonds is 3. The summed E-state index contributed by atoms with van der Waals surface area (Å²) in [6, 6.07) is 8.14. The first-order valence-electron chi connectivity index (χ1n) is 5.14. The molecule has 0 aliphatic heterocycles. The van der Waals surface area contributed by atoms with E-state index in [0.717, 1.165) is 22.4 Å². The average Bonchev–Trinajstić information content (AvgIpc) is 2.54. The van der Waals surface area contributed by atoms with Crippen molar-refractivity contribution in [3.8, 4) is 0 Å². The molecule has 1 aromatic heterocycles. The third-order valence-corrected chi connectivity index (χ3v) is 2.92. The van der Waals surface area contributed by atoms with Crippen LogP contribution < -0.4 is 5.32 Å². The largest absolute Gasteiger partial charge is 0.381 e. The van der Waals surface area contributed by atoms with Gasteiger partial charge in [-0.25, -0.2) is 0 Å². The molecule has 16 heavy (non-hydrogen) atoms. The molecule has 0 unspecified atom stereocenters. The van der Waals surface area contributed by atoms with Gasteiger partial charge in [0.05, 0.1) is 5.69 Å². The molecule has 0 bridgehead atoms. The van der Waals surface area contributed by atoms with E-state index < -0.39 is 0 Å². The molecule has 0 aliphatic carbocycles. The Hall–Kier alpha value is -1.29. The van der Waals surface area contributed by atoms with Gasteiger partial charge in [-0.3, -0.25) is 4.68 Å². The number of aromatic nitrogens is 2. The third-order valence-electron chi connectivity index (χ3n) is 2.42. The zero-order valence-electron chi connectivity index (χ0n) is 9.37. The molecule has 0 saturated heterocycles. The maximum Gasteiger partial charge on any atom is 0.0643 e. The van der Waals surface area contributed by atoms with E-state index in [-0.39, 0.29) is 0 Å². The fourth-order valence-electron chi connectivity index (χ4n) is 1.62. The van der Waals surface area contributed by atoms with Crippen molar-refractivity contribution < 1.29 is 0 Å². The molecule has 2 rings (SSSR count). The maximum atomic E-state index is 4.31. The summed E-state index contributed by atoms with van der Waals surface area (Å²) < 4.78 is 2.92. The van der Waals surface area contributed by atoms with Crippen LogP contribution in [0, 0.1) is 6.92 Å². The molecule has 0 aliphatic rings. The van der Waals surface area contributed by atoms with Crippen LogP contribution in [0.3, 0.4) is 0 Å². The van der Waals surface area contributed by atoms with Crippen molar-refractivity contribution in [1.82, 2.24) is 9.78 Å². The summed E-state index contributed by atoms with van der Waals surface area (Å²) in [5, 5.41) is 7.68. The minimum Gasteiger partial charge on any atom is -0.381 e. The van der Waals surface area contributed by atoms with Crippen molar-refractivity contribution in [3.63, 3.8) is 0 Å². The molecule has 1 heterocycles. The fourth-order valence-corrected chi connectivity index (χ4v) is 2.02. The monoisotopic (exact) mass is 279 g/mol. The number of hydrogen-bond acceptors (Lipinski definition) is 2. The molecule has 4 heteroatoms. The van der Waals surface area contributed by atoms with Crippen LogP contribution >= 0.6 is 15.9 Å². The average molecular weight is 280 g/mol. The Morgan fingerprint density at radius 2 is 2.25 bits per heavy atom. The van der Waals surface area contributed by atoms with Gasteiger partial charge in [-0.1, -0.05) is 22.0 Å². The van der Waals surface area contributed by atoms with E-state index in [4.69, 9.17) is 0 Å².